The molecule has 6 heteroatoms. The molecule has 1 aliphatic rings. The van der Waals surface area contributed by atoms with Gasteiger partial charge in [-0.05, 0) is 58.9 Å². The van der Waals surface area contributed by atoms with Crippen LogP contribution in [0, 0.1) is 0 Å². The molecule has 3 aromatic rings. The topological polar surface area (TPSA) is 37.6 Å². The second-order valence-corrected chi connectivity index (χ2v) is 7.70. The molecule has 0 aromatic carbocycles. The molecule has 23 heavy (non-hydrogen) atoms. The predicted molar refractivity (Wildman–Crippen MR) is 95.9 cm³/mol. The average Bonchev–Trinajstić information content (AvgIpc) is 3.19. The van der Waals surface area contributed by atoms with Crippen LogP contribution in [0.4, 0.5) is 0 Å². The molecule has 0 N–H and O–H groups in total. The summed E-state index contributed by atoms with van der Waals surface area (Å²) in [6.07, 6.45) is 4.14. The largest absolute Gasteiger partial charge is 0.290 e. The van der Waals surface area contributed by atoms with E-state index < -0.39 is 0 Å². The van der Waals surface area contributed by atoms with E-state index in [-0.39, 0.29) is 5.56 Å². The fourth-order valence-electron chi connectivity index (χ4n) is 3.23. The highest BCUT2D eigenvalue weighted by molar-refractivity contribution is 9.10. The first-order valence-corrected chi connectivity index (χ1v) is 9.33. The van der Waals surface area contributed by atoms with Crippen LogP contribution in [0.5, 0.6) is 0 Å². The van der Waals surface area contributed by atoms with Gasteiger partial charge < -0.3 is 0 Å². The molecule has 0 amide bonds. The standard InChI is InChI=1S/C17H16BrN3OS/c18-12-5-6-16-19-13(9-17(22)21(16)10-12)11-20-7-1-3-14(20)15-4-2-8-23-15/h2,4-6,8-10,14H,1,3,7,11H2/t14-/m1/s1. The number of rotatable bonds is 3. The molecular formula is C17H16BrN3OS. The summed E-state index contributed by atoms with van der Waals surface area (Å²) in [7, 11) is 0. The average molecular weight is 390 g/mol. The molecule has 0 radical (unpaired) electrons. The van der Waals surface area contributed by atoms with Gasteiger partial charge in [-0.1, -0.05) is 6.07 Å². The Morgan fingerprint density at radius 2 is 2.26 bits per heavy atom. The summed E-state index contributed by atoms with van der Waals surface area (Å²) in [4.78, 5) is 20.8. The zero-order valence-corrected chi connectivity index (χ0v) is 14.9. The Kier molecular flexibility index (Phi) is 4.05. The van der Waals surface area contributed by atoms with E-state index in [0.29, 0.717) is 11.7 Å². The van der Waals surface area contributed by atoms with Gasteiger partial charge in [-0.25, -0.2) is 4.98 Å². The van der Waals surface area contributed by atoms with E-state index in [1.165, 1.54) is 17.7 Å². The number of thiophene rings is 1. The first-order valence-electron chi connectivity index (χ1n) is 7.66. The summed E-state index contributed by atoms with van der Waals surface area (Å²) >= 11 is 5.20. The van der Waals surface area contributed by atoms with Gasteiger partial charge >= 0.3 is 0 Å². The number of pyridine rings is 1. The predicted octanol–water partition coefficient (Wildman–Crippen LogP) is 3.86. The lowest BCUT2D eigenvalue weighted by Crippen LogP contribution is -2.25. The van der Waals surface area contributed by atoms with E-state index in [1.54, 1.807) is 16.7 Å². The van der Waals surface area contributed by atoms with Gasteiger partial charge in [-0.15, -0.1) is 11.3 Å². The summed E-state index contributed by atoms with van der Waals surface area (Å²) < 4.78 is 2.45. The van der Waals surface area contributed by atoms with E-state index in [2.05, 4.69) is 43.3 Å². The molecule has 0 unspecified atom stereocenters. The quantitative estimate of drug-likeness (QED) is 0.682. The third-order valence-corrected chi connectivity index (χ3v) is 5.72. The molecular weight excluding hydrogens is 374 g/mol. The third kappa shape index (κ3) is 2.98. The zero-order chi connectivity index (χ0) is 15.8. The van der Waals surface area contributed by atoms with Crippen LogP contribution in [0.2, 0.25) is 0 Å². The molecule has 1 aliphatic heterocycles. The molecule has 4 heterocycles. The Labute approximate surface area is 146 Å². The second-order valence-electron chi connectivity index (χ2n) is 5.81. The van der Waals surface area contributed by atoms with Gasteiger partial charge in [0, 0.05) is 34.2 Å². The smallest absolute Gasteiger partial charge is 0.258 e. The van der Waals surface area contributed by atoms with Crippen LogP contribution >= 0.6 is 27.3 Å². The lowest BCUT2D eigenvalue weighted by Gasteiger charge is -2.23. The maximum absolute atomic E-state index is 12.3. The van der Waals surface area contributed by atoms with Crippen molar-refractivity contribution in [3.8, 4) is 0 Å². The van der Waals surface area contributed by atoms with Crippen molar-refractivity contribution < 1.29 is 0 Å². The van der Waals surface area contributed by atoms with Crippen LogP contribution in [0.1, 0.15) is 29.5 Å². The van der Waals surface area contributed by atoms with Gasteiger partial charge in [-0.2, -0.15) is 0 Å². The van der Waals surface area contributed by atoms with Crippen molar-refractivity contribution in [2.45, 2.75) is 25.4 Å². The fourth-order valence-corrected chi connectivity index (χ4v) is 4.47. The Balaban J connectivity index is 1.65. The minimum absolute atomic E-state index is 0.0295. The van der Waals surface area contributed by atoms with E-state index in [4.69, 9.17) is 0 Å². The maximum atomic E-state index is 12.3. The zero-order valence-electron chi connectivity index (χ0n) is 12.5. The van der Waals surface area contributed by atoms with Gasteiger partial charge in [0.2, 0.25) is 0 Å². The number of hydrogen-bond acceptors (Lipinski definition) is 4. The number of likely N-dealkylation sites (tertiary alicyclic amines) is 1. The SMILES string of the molecule is O=c1cc(CN2CCC[C@@H]2c2cccs2)nc2ccc(Br)cn12. The Hall–Kier alpha value is -1.50. The molecule has 1 saturated heterocycles. The lowest BCUT2D eigenvalue weighted by molar-refractivity contribution is 0.248. The Morgan fingerprint density at radius 1 is 1.35 bits per heavy atom. The summed E-state index contributed by atoms with van der Waals surface area (Å²) in [5.41, 5.74) is 1.52. The third-order valence-electron chi connectivity index (χ3n) is 4.28. The molecule has 0 bridgehead atoms. The number of aromatic nitrogens is 2. The van der Waals surface area contributed by atoms with E-state index in [1.807, 2.05) is 23.5 Å². The van der Waals surface area contributed by atoms with Crippen LogP contribution < -0.4 is 5.56 Å². The molecule has 4 nitrogen and oxygen atoms in total. The van der Waals surface area contributed by atoms with E-state index in [0.717, 1.165) is 23.3 Å². The van der Waals surface area contributed by atoms with Gasteiger partial charge in [-0.3, -0.25) is 14.1 Å². The molecule has 4 rings (SSSR count). The summed E-state index contributed by atoms with van der Waals surface area (Å²) in [5.74, 6) is 0. The van der Waals surface area contributed by atoms with Crippen molar-refractivity contribution in [1.29, 1.82) is 0 Å². The fraction of sp³-hybridized carbons (Fsp3) is 0.294. The van der Waals surface area contributed by atoms with Crippen molar-refractivity contribution in [1.82, 2.24) is 14.3 Å². The monoisotopic (exact) mass is 389 g/mol. The van der Waals surface area contributed by atoms with Gasteiger partial charge in [0.15, 0.2) is 0 Å². The molecule has 0 saturated carbocycles. The minimum Gasteiger partial charge on any atom is -0.290 e. The van der Waals surface area contributed by atoms with Crippen LogP contribution in [0.3, 0.4) is 0 Å². The first kappa shape index (κ1) is 15.1. The normalized spacial score (nSPS) is 18.7. The van der Waals surface area contributed by atoms with Gasteiger partial charge in [0.25, 0.3) is 5.56 Å². The van der Waals surface area contributed by atoms with Crippen LogP contribution in [0.15, 0.2) is 51.2 Å². The van der Waals surface area contributed by atoms with Gasteiger partial charge in [0.1, 0.15) is 5.65 Å². The molecule has 118 valence electrons. The van der Waals surface area contributed by atoms with Crippen molar-refractivity contribution in [2.24, 2.45) is 0 Å². The molecule has 1 atom stereocenters. The number of nitrogens with zero attached hydrogens (tertiary/aromatic N) is 3. The first-order chi connectivity index (χ1) is 11.2. The number of halogens is 1. The second kappa shape index (κ2) is 6.19. The summed E-state index contributed by atoms with van der Waals surface area (Å²) in [5, 5.41) is 2.13. The number of fused-ring (bicyclic) bond motifs is 1. The van der Waals surface area contributed by atoms with E-state index >= 15 is 0 Å². The molecule has 3 aromatic heterocycles. The molecule has 0 aliphatic carbocycles. The number of hydrogen-bond donors (Lipinski definition) is 0. The van der Waals surface area contributed by atoms with Crippen LogP contribution in [-0.2, 0) is 6.54 Å². The van der Waals surface area contributed by atoms with Crippen molar-refractivity contribution >= 4 is 32.9 Å². The molecule has 0 spiro atoms. The minimum atomic E-state index is -0.0295. The van der Waals surface area contributed by atoms with Crippen molar-refractivity contribution in [3.63, 3.8) is 0 Å². The highest BCUT2D eigenvalue weighted by Crippen LogP contribution is 2.35. The summed E-state index contributed by atoms with van der Waals surface area (Å²) in [6.45, 7) is 1.79. The highest BCUT2D eigenvalue weighted by Gasteiger charge is 2.27. The lowest BCUT2D eigenvalue weighted by atomic mass is 10.2. The van der Waals surface area contributed by atoms with Gasteiger partial charge in [0.05, 0.1) is 5.69 Å². The van der Waals surface area contributed by atoms with Crippen LogP contribution in [0.25, 0.3) is 5.65 Å². The Bertz CT molecular complexity index is 890. The molecule has 1 fully saturated rings. The van der Waals surface area contributed by atoms with E-state index in [9.17, 15) is 4.79 Å². The van der Waals surface area contributed by atoms with Crippen LogP contribution in [-0.4, -0.2) is 20.8 Å². The maximum Gasteiger partial charge on any atom is 0.258 e. The summed E-state index contributed by atoms with van der Waals surface area (Å²) in [6, 6.07) is 10.2. The van der Waals surface area contributed by atoms with Crippen molar-refractivity contribution in [3.05, 3.63) is 67.3 Å². The highest BCUT2D eigenvalue weighted by atomic mass is 79.9. The van der Waals surface area contributed by atoms with Crippen molar-refractivity contribution in [2.75, 3.05) is 6.54 Å². The Morgan fingerprint density at radius 3 is 3.09 bits per heavy atom.